The molecule has 0 aliphatic heterocycles. The lowest BCUT2D eigenvalue weighted by Crippen LogP contribution is -2.09. The van der Waals surface area contributed by atoms with E-state index in [9.17, 15) is 4.79 Å². The van der Waals surface area contributed by atoms with Gasteiger partial charge in [0.15, 0.2) is 11.5 Å². The van der Waals surface area contributed by atoms with E-state index in [0.717, 1.165) is 0 Å². The first kappa shape index (κ1) is 15.7. The van der Waals surface area contributed by atoms with E-state index >= 15 is 0 Å². The van der Waals surface area contributed by atoms with Gasteiger partial charge in [-0.15, -0.1) is 0 Å². The maximum Gasteiger partial charge on any atom is 0.343 e. The lowest BCUT2D eigenvalue weighted by Gasteiger charge is -2.11. The molecular formula is C17H18O5. The van der Waals surface area contributed by atoms with E-state index < -0.39 is 5.97 Å². The van der Waals surface area contributed by atoms with Crippen molar-refractivity contribution < 1.29 is 23.7 Å². The number of esters is 1. The molecule has 0 bridgehead atoms. The number of hydrogen-bond donors (Lipinski definition) is 0. The van der Waals surface area contributed by atoms with E-state index in [0.29, 0.717) is 35.2 Å². The third-order valence-corrected chi connectivity index (χ3v) is 2.97. The van der Waals surface area contributed by atoms with Crippen LogP contribution in [0.1, 0.15) is 17.3 Å². The molecule has 116 valence electrons. The fourth-order valence-electron chi connectivity index (χ4n) is 1.88. The van der Waals surface area contributed by atoms with Gasteiger partial charge >= 0.3 is 5.97 Å². The molecule has 0 spiro atoms. The SMILES string of the molecule is CCOc1ccc(C(=O)Oc2ccc(OC)cc2)cc1OC. The average molecular weight is 302 g/mol. The number of rotatable bonds is 6. The fourth-order valence-corrected chi connectivity index (χ4v) is 1.88. The summed E-state index contributed by atoms with van der Waals surface area (Å²) < 4.78 is 21.0. The van der Waals surface area contributed by atoms with Crippen molar-refractivity contribution in [3.05, 3.63) is 48.0 Å². The normalized spacial score (nSPS) is 9.95. The van der Waals surface area contributed by atoms with Crippen LogP contribution in [0.15, 0.2) is 42.5 Å². The van der Waals surface area contributed by atoms with Crippen molar-refractivity contribution in [1.29, 1.82) is 0 Å². The first-order valence-corrected chi connectivity index (χ1v) is 6.85. The Kier molecular flexibility index (Phi) is 5.25. The third kappa shape index (κ3) is 3.69. The highest BCUT2D eigenvalue weighted by atomic mass is 16.5. The summed E-state index contributed by atoms with van der Waals surface area (Å²) >= 11 is 0. The van der Waals surface area contributed by atoms with Crippen LogP contribution in [0.2, 0.25) is 0 Å². The Balaban J connectivity index is 2.14. The maximum atomic E-state index is 12.2. The Morgan fingerprint density at radius 1 is 0.909 bits per heavy atom. The second kappa shape index (κ2) is 7.36. The van der Waals surface area contributed by atoms with E-state index in [-0.39, 0.29) is 0 Å². The standard InChI is InChI=1S/C17H18O5/c1-4-21-15-10-5-12(11-16(15)20-3)17(18)22-14-8-6-13(19-2)7-9-14/h5-11H,4H2,1-3H3. The molecule has 2 aromatic rings. The fraction of sp³-hybridized carbons (Fsp3) is 0.235. The molecular weight excluding hydrogens is 284 g/mol. The molecule has 0 amide bonds. The Morgan fingerprint density at radius 3 is 2.18 bits per heavy atom. The predicted molar refractivity (Wildman–Crippen MR) is 82.1 cm³/mol. The minimum Gasteiger partial charge on any atom is -0.497 e. The minimum absolute atomic E-state index is 0.385. The van der Waals surface area contributed by atoms with Gasteiger partial charge in [0.25, 0.3) is 0 Å². The van der Waals surface area contributed by atoms with Gasteiger partial charge in [-0.1, -0.05) is 0 Å². The van der Waals surface area contributed by atoms with Gasteiger partial charge in [0.05, 0.1) is 26.4 Å². The molecule has 0 unspecified atom stereocenters. The summed E-state index contributed by atoms with van der Waals surface area (Å²) in [6.45, 7) is 2.40. The zero-order valence-electron chi connectivity index (χ0n) is 12.8. The van der Waals surface area contributed by atoms with Crippen molar-refractivity contribution in [1.82, 2.24) is 0 Å². The Hall–Kier alpha value is -2.69. The quantitative estimate of drug-likeness (QED) is 0.605. The first-order chi connectivity index (χ1) is 10.7. The average Bonchev–Trinajstić information content (AvgIpc) is 2.56. The van der Waals surface area contributed by atoms with Crippen molar-refractivity contribution in [2.45, 2.75) is 6.92 Å². The van der Waals surface area contributed by atoms with Gasteiger partial charge in [-0.3, -0.25) is 0 Å². The van der Waals surface area contributed by atoms with Crippen LogP contribution in [0.4, 0.5) is 0 Å². The van der Waals surface area contributed by atoms with Gasteiger partial charge in [0, 0.05) is 0 Å². The highest BCUT2D eigenvalue weighted by molar-refractivity contribution is 5.91. The van der Waals surface area contributed by atoms with Crippen LogP contribution in [-0.2, 0) is 0 Å². The molecule has 0 fully saturated rings. The van der Waals surface area contributed by atoms with Gasteiger partial charge < -0.3 is 18.9 Å². The number of methoxy groups -OCH3 is 2. The number of carbonyl (C=O) groups excluding carboxylic acids is 1. The summed E-state index contributed by atoms with van der Waals surface area (Å²) in [6, 6.07) is 11.7. The van der Waals surface area contributed by atoms with E-state index in [1.165, 1.54) is 7.11 Å². The number of ether oxygens (including phenoxy) is 4. The molecule has 0 saturated heterocycles. The second-order valence-corrected chi connectivity index (χ2v) is 4.36. The van der Waals surface area contributed by atoms with Crippen molar-refractivity contribution in [2.75, 3.05) is 20.8 Å². The van der Waals surface area contributed by atoms with Crippen LogP contribution < -0.4 is 18.9 Å². The molecule has 2 aromatic carbocycles. The van der Waals surface area contributed by atoms with E-state index in [1.54, 1.807) is 49.6 Å². The lowest BCUT2D eigenvalue weighted by atomic mass is 10.2. The van der Waals surface area contributed by atoms with Crippen LogP contribution in [0.5, 0.6) is 23.0 Å². The highest BCUT2D eigenvalue weighted by Gasteiger charge is 2.13. The predicted octanol–water partition coefficient (Wildman–Crippen LogP) is 3.32. The van der Waals surface area contributed by atoms with Crippen molar-refractivity contribution >= 4 is 5.97 Å². The van der Waals surface area contributed by atoms with Crippen LogP contribution in [-0.4, -0.2) is 26.8 Å². The molecule has 0 aliphatic carbocycles. The number of benzene rings is 2. The molecule has 0 heterocycles. The zero-order chi connectivity index (χ0) is 15.9. The summed E-state index contributed by atoms with van der Waals surface area (Å²) in [5.41, 5.74) is 0.385. The summed E-state index contributed by atoms with van der Waals surface area (Å²) in [5, 5.41) is 0. The summed E-state index contributed by atoms with van der Waals surface area (Å²) in [6.07, 6.45) is 0. The zero-order valence-corrected chi connectivity index (χ0v) is 12.8. The molecule has 0 N–H and O–H groups in total. The molecule has 22 heavy (non-hydrogen) atoms. The molecule has 0 aliphatic rings. The Bertz CT molecular complexity index is 634. The Labute approximate surface area is 129 Å². The molecule has 5 nitrogen and oxygen atoms in total. The summed E-state index contributed by atoms with van der Waals surface area (Å²) in [7, 11) is 3.10. The summed E-state index contributed by atoms with van der Waals surface area (Å²) in [5.74, 6) is 1.75. The van der Waals surface area contributed by atoms with Gasteiger partial charge in [0.1, 0.15) is 11.5 Å². The van der Waals surface area contributed by atoms with Gasteiger partial charge in [-0.2, -0.15) is 0 Å². The maximum absolute atomic E-state index is 12.2. The monoisotopic (exact) mass is 302 g/mol. The lowest BCUT2D eigenvalue weighted by molar-refractivity contribution is 0.0734. The molecule has 0 radical (unpaired) electrons. The number of carbonyl (C=O) groups is 1. The van der Waals surface area contributed by atoms with Crippen molar-refractivity contribution in [3.63, 3.8) is 0 Å². The molecule has 0 aromatic heterocycles. The molecule has 5 heteroatoms. The van der Waals surface area contributed by atoms with Crippen LogP contribution in [0.25, 0.3) is 0 Å². The van der Waals surface area contributed by atoms with E-state index in [4.69, 9.17) is 18.9 Å². The van der Waals surface area contributed by atoms with Gasteiger partial charge in [-0.25, -0.2) is 4.79 Å². The van der Waals surface area contributed by atoms with Crippen LogP contribution in [0.3, 0.4) is 0 Å². The molecule has 0 atom stereocenters. The van der Waals surface area contributed by atoms with Crippen molar-refractivity contribution in [2.24, 2.45) is 0 Å². The molecule has 2 rings (SSSR count). The minimum atomic E-state index is -0.466. The van der Waals surface area contributed by atoms with Crippen LogP contribution >= 0.6 is 0 Å². The first-order valence-electron chi connectivity index (χ1n) is 6.85. The molecule has 0 saturated carbocycles. The van der Waals surface area contributed by atoms with E-state index in [2.05, 4.69) is 0 Å². The van der Waals surface area contributed by atoms with E-state index in [1.807, 2.05) is 6.92 Å². The largest absolute Gasteiger partial charge is 0.497 e. The van der Waals surface area contributed by atoms with Crippen molar-refractivity contribution in [3.8, 4) is 23.0 Å². The smallest absolute Gasteiger partial charge is 0.343 e. The highest BCUT2D eigenvalue weighted by Crippen LogP contribution is 2.28. The van der Waals surface area contributed by atoms with Gasteiger partial charge in [0.2, 0.25) is 0 Å². The topological polar surface area (TPSA) is 54.0 Å². The van der Waals surface area contributed by atoms with Crippen LogP contribution in [0, 0.1) is 0 Å². The summed E-state index contributed by atoms with van der Waals surface area (Å²) in [4.78, 5) is 12.2. The van der Waals surface area contributed by atoms with Gasteiger partial charge in [-0.05, 0) is 49.4 Å². The Morgan fingerprint density at radius 2 is 1.59 bits per heavy atom. The second-order valence-electron chi connectivity index (χ2n) is 4.36. The third-order valence-electron chi connectivity index (χ3n) is 2.97. The number of hydrogen-bond acceptors (Lipinski definition) is 5.